The maximum Gasteiger partial charge on any atom is 0.270 e. The molecule has 31 heavy (non-hydrogen) atoms. The number of nitrogens with one attached hydrogen (secondary N) is 1. The van der Waals surface area contributed by atoms with Gasteiger partial charge < -0.3 is 10.1 Å². The Morgan fingerprint density at radius 1 is 1.29 bits per heavy atom. The molecule has 1 aliphatic heterocycles. The highest BCUT2D eigenvalue weighted by atomic mass is 32.1. The van der Waals surface area contributed by atoms with Crippen LogP contribution in [0.1, 0.15) is 45.5 Å². The van der Waals surface area contributed by atoms with Gasteiger partial charge in [-0.15, -0.1) is 11.3 Å². The molecule has 162 valence electrons. The Hall–Kier alpha value is -2.77. The van der Waals surface area contributed by atoms with E-state index in [9.17, 15) is 4.79 Å². The van der Waals surface area contributed by atoms with Crippen LogP contribution in [-0.2, 0) is 6.54 Å². The number of methoxy groups -OCH3 is 1. The third kappa shape index (κ3) is 5.29. The zero-order valence-corrected chi connectivity index (χ0v) is 18.8. The van der Waals surface area contributed by atoms with E-state index in [-0.39, 0.29) is 17.9 Å². The number of thiazole rings is 1. The van der Waals surface area contributed by atoms with Crippen molar-refractivity contribution in [2.75, 3.05) is 20.2 Å². The van der Waals surface area contributed by atoms with Gasteiger partial charge in [-0.2, -0.15) is 0 Å². The number of benzene rings is 1. The second-order valence-electron chi connectivity index (χ2n) is 7.99. The lowest BCUT2D eigenvalue weighted by atomic mass is 9.90. The van der Waals surface area contributed by atoms with Crippen molar-refractivity contribution >= 4 is 17.2 Å². The largest absolute Gasteiger partial charge is 0.496 e. The molecule has 1 saturated heterocycles. The van der Waals surface area contributed by atoms with Crippen LogP contribution in [0.15, 0.2) is 54.2 Å². The Bertz CT molecular complexity index is 994. The van der Waals surface area contributed by atoms with Crippen LogP contribution in [0.2, 0.25) is 0 Å². The molecule has 1 aromatic carbocycles. The van der Waals surface area contributed by atoms with Crippen molar-refractivity contribution in [2.24, 2.45) is 5.92 Å². The summed E-state index contributed by atoms with van der Waals surface area (Å²) in [5, 5.41) is 6.13. The topological polar surface area (TPSA) is 67.3 Å². The van der Waals surface area contributed by atoms with Crippen molar-refractivity contribution in [3.8, 4) is 5.75 Å². The number of hydrogen-bond acceptors (Lipinski definition) is 6. The number of piperidine rings is 1. The molecule has 2 atom stereocenters. The summed E-state index contributed by atoms with van der Waals surface area (Å²) in [5.74, 6) is 1.05. The molecule has 0 saturated carbocycles. The van der Waals surface area contributed by atoms with Crippen molar-refractivity contribution in [2.45, 2.75) is 32.4 Å². The van der Waals surface area contributed by atoms with E-state index in [1.165, 1.54) is 11.1 Å². The summed E-state index contributed by atoms with van der Waals surface area (Å²) in [5.41, 5.74) is 2.86. The van der Waals surface area contributed by atoms with E-state index in [1.807, 2.05) is 23.6 Å². The quantitative estimate of drug-likeness (QED) is 0.600. The van der Waals surface area contributed by atoms with Crippen LogP contribution in [-0.4, -0.2) is 41.0 Å². The van der Waals surface area contributed by atoms with Gasteiger partial charge in [0.15, 0.2) is 0 Å². The van der Waals surface area contributed by atoms with Crippen LogP contribution in [0.25, 0.3) is 0 Å². The standard InChI is InChI=1S/C24H28N4O2S/c1-17-8-9-21(30-2)19(14-17)16-28-12-5-6-18(15-28)22(24-26-11-13-31-24)27-23(29)20-7-3-4-10-25-20/h3-4,7-11,13-14,18,22H,5-6,12,15-16H2,1-2H3,(H,27,29)/t18-,22-/m1/s1. The fourth-order valence-corrected chi connectivity index (χ4v) is 5.04. The van der Waals surface area contributed by atoms with E-state index in [4.69, 9.17) is 4.74 Å². The van der Waals surface area contributed by atoms with Crippen molar-refractivity contribution in [1.82, 2.24) is 20.2 Å². The Balaban J connectivity index is 1.51. The summed E-state index contributed by atoms with van der Waals surface area (Å²) >= 11 is 1.59. The molecule has 1 amide bonds. The average Bonchev–Trinajstić information content (AvgIpc) is 3.33. The molecule has 0 bridgehead atoms. The van der Waals surface area contributed by atoms with Gasteiger partial charge in [0, 0.05) is 36.4 Å². The molecule has 3 aromatic rings. The molecule has 0 unspecified atom stereocenters. The minimum atomic E-state index is -0.154. The monoisotopic (exact) mass is 436 g/mol. The normalized spacial score (nSPS) is 17.8. The number of aromatic nitrogens is 2. The summed E-state index contributed by atoms with van der Waals surface area (Å²) in [4.78, 5) is 24.1. The third-order valence-electron chi connectivity index (χ3n) is 5.74. The first-order valence-electron chi connectivity index (χ1n) is 10.6. The number of pyridine rings is 1. The van der Waals surface area contributed by atoms with Gasteiger partial charge in [0.2, 0.25) is 0 Å². The summed E-state index contributed by atoms with van der Waals surface area (Å²) in [6.07, 6.45) is 5.58. The van der Waals surface area contributed by atoms with E-state index in [0.717, 1.165) is 43.2 Å². The number of likely N-dealkylation sites (tertiary alicyclic amines) is 1. The first-order chi connectivity index (χ1) is 15.1. The SMILES string of the molecule is COc1ccc(C)cc1CN1CCC[C@@H]([C@@H](NC(=O)c2ccccn2)c2nccs2)C1. The molecule has 1 fully saturated rings. The van der Waals surface area contributed by atoms with Gasteiger partial charge >= 0.3 is 0 Å². The van der Waals surface area contributed by atoms with Crippen LogP contribution in [0.3, 0.4) is 0 Å². The number of nitrogens with zero attached hydrogens (tertiary/aromatic N) is 3. The van der Waals surface area contributed by atoms with E-state index >= 15 is 0 Å². The van der Waals surface area contributed by atoms with Gasteiger partial charge in [-0.3, -0.25) is 14.7 Å². The van der Waals surface area contributed by atoms with Crippen molar-refractivity contribution < 1.29 is 9.53 Å². The summed E-state index contributed by atoms with van der Waals surface area (Å²) in [6.45, 7) is 4.87. The van der Waals surface area contributed by atoms with Gasteiger partial charge in [-0.1, -0.05) is 23.8 Å². The number of amides is 1. The fourth-order valence-electron chi connectivity index (χ4n) is 4.26. The van der Waals surface area contributed by atoms with Crippen LogP contribution < -0.4 is 10.1 Å². The van der Waals surface area contributed by atoms with Crippen LogP contribution in [0.5, 0.6) is 5.75 Å². The van der Waals surface area contributed by atoms with E-state index in [0.29, 0.717) is 5.69 Å². The zero-order chi connectivity index (χ0) is 21.6. The second-order valence-corrected chi connectivity index (χ2v) is 8.92. The number of carbonyl (C=O) groups excluding carboxylic acids is 1. The van der Waals surface area contributed by atoms with Crippen LogP contribution in [0, 0.1) is 12.8 Å². The molecule has 3 heterocycles. The lowest BCUT2D eigenvalue weighted by molar-refractivity contribution is 0.0872. The molecule has 7 heteroatoms. The molecule has 2 aromatic heterocycles. The lowest BCUT2D eigenvalue weighted by Gasteiger charge is -2.36. The smallest absolute Gasteiger partial charge is 0.270 e. The van der Waals surface area contributed by atoms with Gasteiger partial charge in [0.25, 0.3) is 5.91 Å². The number of aryl methyl sites for hydroxylation is 1. The molecule has 6 nitrogen and oxygen atoms in total. The van der Waals surface area contributed by atoms with Crippen LogP contribution >= 0.6 is 11.3 Å². The minimum absolute atomic E-state index is 0.128. The van der Waals surface area contributed by atoms with Gasteiger partial charge in [0.1, 0.15) is 16.5 Å². The lowest BCUT2D eigenvalue weighted by Crippen LogP contribution is -2.42. The number of carbonyl (C=O) groups is 1. The Labute approximate surface area is 187 Å². The van der Waals surface area contributed by atoms with Gasteiger partial charge in [-0.05, 0) is 50.4 Å². The summed E-state index contributed by atoms with van der Waals surface area (Å²) in [7, 11) is 1.72. The fraction of sp³-hybridized carbons (Fsp3) is 0.375. The maximum absolute atomic E-state index is 12.9. The van der Waals surface area contributed by atoms with Crippen molar-refractivity contribution in [3.63, 3.8) is 0 Å². The molecule has 1 aliphatic rings. The first-order valence-corrected chi connectivity index (χ1v) is 11.5. The van der Waals surface area contributed by atoms with E-state index < -0.39 is 0 Å². The third-order valence-corrected chi connectivity index (χ3v) is 6.60. The van der Waals surface area contributed by atoms with E-state index in [2.05, 4.69) is 39.2 Å². The van der Waals surface area contributed by atoms with Crippen LogP contribution in [0.4, 0.5) is 0 Å². The molecular weight excluding hydrogens is 408 g/mol. The number of hydrogen-bond donors (Lipinski definition) is 1. The van der Waals surface area contributed by atoms with E-state index in [1.54, 1.807) is 36.9 Å². The minimum Gasteiger partial charge on any atom is -0.496 e. The predicted molar refractivity (Wildman–Crippen MR) is 122 cm³/mol. The Morgan fingerprint density at radius 3 is 2.94 bits per heavy atom. The van der Waals surface area contributed by atoms with Crippen molar-refractivity contribution in [3.05, 3.63) is 76.0 Å². The van der Waals surface area contributed by atoms with Gasteiger partial charge in [-0.25, -0.2) is 4.98 Å². The number of ether oxygens (including phenoxy) is 1. The highest BCUT2D eigenvalue weighted by Gasteiger charge is 2.32. The molecular formula is C24H28N4O2S. The molecule has 0 aliphatic carbocycles. The number of rotatable bonds is 7. The predicted octanol–water partition coefficient (Wildman–Crippen LogP) is 4.24. The molecule has 0 spiro atoms. The first kappa shape index (κ1) is 21.5. The van der Waals surface area contributed by atoms with Crippen molar-refractivity contribution in [1.29, 1.82) is 0 Å². The average molecular weight is 437 g/mol. The molecule has 1 N–H and O–H groups in total. The Kier molecular flexibility index (Phi) is 6.94. The maximum atomic E-state index is 12.9. The Morgan fingerprint density at radius 2 is 2.19 bits per heavy atom. The van der Waals surface area contributed by atoms with Gasteiger partial charge in [0.05, 0.1) is 13.2 Å². The second kappa shape index (κ2) is 10.0. The zero-order valence-electron chi connectivity index (χ0n) is 18.0. The highest BCUT2D eigenvalue weighted by molar-refractivity contribution is 7.09. The summed E-state index contributed by atoms with van der Waals surface area (Å²) < 4.78 is 5.58. The molecule has 0 radical (unpaired) electrons. The molecule has 4 rings (SSSR count). The summed E-state index contributed by atoms with van der Waals surface area (Å²) in [6, 6.07) is 11.6. The highest BCUT2D eigenvalue weighted by Crippen LogP contribution is 2.32.